The predicted molar refractivity (Wildman–Crippen MR) is 146 cm³/mol. The number of hydrogen-bond acceptors (Lipinski definition) is 3. The van der Waals surface area contributed by atoms with Gasteiger partial charge < -0.3 is 9.30 Å². The number of benzene rings is 3. The van der Waals surface area contributed by atoms with Crippen molar-refractivity contribution in [2.24, 2.45) is 0 Å². The molecule has 1 heterocycles. The van der Waals surface area contributed by atoms with Crippen LogP contribution >= 0.6 is 0 Å². The lowest BCUT2D eigenvalue weighted by Crippen LogP contribution is -2.29. The van der Waals surface area contributed by atoms with Crippen LogP contribution in [0.3, 0.4) is 0 Å². The average Bonchev–Trinajstić information content (AvgIpc) is 2.86. The minimum absolute atomic E-state index is 0.00342. The molecule has 0 aliphatic heterocycles. The molecule has 0 fully saturated rings. The Hall–Kier alpha value is -4.31. The van der Waals surface area contributed by atoms with Gasteiger partial charge in [-0.25, -0.2) is 0 Å². The molecular formula is C32H29F3N2O2. The van der Waals surface area contributed by atoms with E-state index >= 15 is 0 Å². The Labute approximate surface area is 225 Å². The van der Waals surface area contributed by atoms with Crippen LogP contribution in [-0.2, 0) is 18.1 Å². The third-order valence-corrected chi connectivity index (χ3v) is 6.65. The highest BCUT2D eigenvalue weighted by Crippen LogP contribution is 2.35. The second kappa shape index (κ2) is 10.5. The van der Waals surface area contributed by atoms with Crippen molar-refractivity contribution in [3.8, 4) is 28.8 Å². The van der Waals surface area contributed by atoms with Crippen LogP contribution in [0.2, 0.25) is 0 Å². The zero-order valence-electron chi connectivity index (χ0n) is 22.5. The van der Waals surface area contributed by atoms with Gasteiger partial charge in [0.25, 0.3) is 5.56 Å². The first kappa shape index (κ1) is 27.7. The molecule has 0 unspecified atom stereocenters. The van der Waals surface area contributed by atoms with E-state index in [1.165, 1.54) is 10.6 Å². The third-order valence-electron chi connectivity index (χ3n) is 6.65. The molecule has 0 aliphatic rings. The zero-order valence-corrected chi connectivity index (χ0v) is 22.5. The summed E-state index contributed by atoms with van der Waals surface area (Å²) in [5.74, 6) is 1.12. The van der Waals surface area contributed by atoms with Crippen molar-refractivity contribution in [3.05, 3.63) is 117 Å². The zero-order chi connectivity index (χ0) is 28.5. The SMILES string of the molecule is Cc1ccc(Cn2c(-c3ccc(Oc4ccc(C(C)(C)C)cc4)cc3)cc(C(F)(F)F)c(C#N)c2=O)c(C)c1. The molecule has 0 atom stereocenters. The van der Waals surface area contributed by atoms with E-state index in [9.17, 15) is 23.2 Å². The van der Waals surface area contributed by atoms with Gasteiger partial charge in [0.1, 0.15) is 23.1 Å². The molecule has 0 amide bonds. The fraction of sp³-hybridized carbons (Fsp3) is 0.250. The number of rotatable bonds is 5. The lowest BCUT2D eigenvalue weighted by molar-refractivity contribution is -0.137. The van der Waals surface area contributed by atoms with Crippen molar-refractivity contribution < 1.29 is 17.9 Å². The lowest BCUT2D eigenvalue weighted by Gasteiger charge is -2.19. The van der Waals surface area contributed by atoms with Crippen molar-refractivity contribution in [2.75, 3.05) is 0 Å². The summed E-state index contributed by atoms with van der Waals surface area (Å²) in [6.45, 7) is 10.2. The van der Waals surface area contributed by atoms with Crippen LogP contribution < -0.4 is 10.3 Å². The molecule has 0 spiro atoms. The Bertz CT molecular complexity index is 1600. The van der Waals surface area contributed by atoms with Gasteiger partial charge in [0.05, 0.1) is 17.8 Å². The third kappa shape index (κ3) is 6.06. The minimum Gasteiger partial charge on any atom is -0.457 e. The molecule has 4 rings (SSSR count). The topological polar surface area (TPSA) is 55.0 Å². The molecule has 4 aromatic rings. The number of pyridine rings is 1. The first-order valence-corrected chi connectivity index (χ1v) is 12.5. The minimum atomic E-state index is -4.86. The monoisotopic (exact) mass is 530 g/mol. The number of halogens is 3. The summed E-state index contributed by atoms with van der Waals surface area (Å²) < 4.78 is 48.8. The van der Waals surface area contributed by atoms with Gasteiger partial charge in [-0.05, 0) is 84.0 Å². The fourth-order valence-corrected chi connectivity index (χ4v) is 4.42. The maximum atomic E-state index is 13.9. The predicted octanol–water partition coefficient (Wildman–Crippen LogP) is 8.16. The normalized spacial score (nSPS) is 11.8. The summed E-state index contributed by atoms with van der Waals surface area (Å²) in [7, 11) is 0. The van der Waals surface area contributed by atoms with Crippen molar-refractivity contribution in [2.45, 2.75) is 52.8 Å². The molecule has 0 saturated heterocycles. The summed E-state index contributed by atoms with van der Waals surface area (Å²) in [6, 6.07) is 22.2. The van der Waals surface area contributed by atoms with E-state index in [1.807, 2.05) is 56.3 Å². The molecule has 0 aliphatic carbocycles. The molecule has 1 aromatic heterocycles. The van der Waals surface area contributed by atoms with Crippen molar-refractivity contribution in [1.29, 1.82) is 5.26 Å². The van der Waals surface area contributed by atoms with Gasteiger partial charge in [-0.2, -0.15) is 18.4 Å². The standard InChI is InChI=1S/C32H29F3N2O2/c1-20-6-7-23(21(2)16-20)19-37-29(17-28(32(33,34)35)27(18-36)30(37)38)22-8-12-25(13-9-22)39-26-14-10-24(11-15-26)31(3,4)5/h6-17H,19H2,1-5H3. The van der Waals surface area contributed by atoms with Gasteiger partial charge in [0, 0.05) is 0 Å². The van der Waals surface area contributed by atoms with E-state index in [2.05, 4.69) is 20.8 Å². The van der Waals surface area contributed by atoms with Crippen LogP contribution in [-0.4, -0.2) is 4.57 Å². The second-order valence-corrected chi connectivity index (χ2v) is 10.6. The van der Waals surface area contributed by atoms with E-state index < -0.39 is 22.9 Å². The highest BCUT2D eigenvalue weighted by Gasteiger charge is 2.36. The van der Waals surface area contributed by atoms with Crippen molar-refractivity contribution >= 4 is 0 Å². The van der Waals surface area contributed by atoms with E-state index in [0.29, 0.717) is 17.1 Å². The Morgan fingerprint density at radius 2 is 1.46 bits per heavy atom. The van der Waals surface area contributed by atoms with Crippen molar-refractivity contribution in [3.63, 3.8) is 0 Å². The van der Waals surface area contributed by atoms with E-state index in [0.717, 1.165) is 28.3 Å². The van der Waals surface area contributed by atoms with E-state index in [-0.39, 0.29) is 17.7 Å². The first-order valence-electron chi connectivity index (χ1n) is 12.5. The summed E-state index contributed by atoms with van der Waals surface area (Å²) in [4.78, 5) is 13.3. The highest BCUT2D eigenvalue weighted by atomic mass is 19.4. The number of nitrogens with zero attached hydrogens (tertiary/aromatic N) is 2. The van der Waals surface area contributed by atoms with Crippen LogP contribution in [0.15, 0.2) is 77.6 Å². The molecule has 0 bridgehead atoms. The van der Waals surface area contributed by atoms with Crippen molar-refractivity contribution in [1.82, 2.24) is 4.57 Å². The van der Waals surface area contributed by atoms with Crippen LogP contribution in [0.4, 0.5) is 13.2 Å². The Morgan fingerprint density at radius 3 is 1.97 bits per heavy atom. The van der Waals surface area contributed by atoms with Crippen LogP contribution in [0, 0.1) is 25.2 Å². The smallest absolute Gasteiger partial charge is 0.417 e. The molecule has 4 nitrogen and oxygen atoms in total. The van der Waals surface area contributed by atoms with Crippen LogP contribution in [0.25, 0.3) is 11.3 Å². The summed E-state index contributed by atoms with van der Waals surface area (Å²) in [5.41, 5.74) is 1.15. The summed E-state index contributed by atoms with van der Waals surface area (Å²) in [5, 5.41) is 9.46. The highest BCUT2D eigenvalue weighted by molar-refractivity contribution is 5.64. The lowest BCUT2D eigenvalue weighted by atomic mass is 9.87. The number of alkyl halides is 3. The second-order valence-electron chi connectivity index (χ2n) is 10.6. The van der Waals surface area contributed by atoms with Gasteiger partial charge in [0.2, 0.25) is 0 Å². The molecule has 7 heteroatoms. The molecule has 0 N–H and O–H groups in total. The Kier molecular flexibility index (Phi) is 7.43. The number of hydrogen-bond donors (Lipinski definition) is 0. The molecule has 3 aromatic carbocycles. The van der Waals surface area contributed by atoms with E-state index in [4.69, 9.17) is 4.74 Å². The maximum Gasteiger partial charge on any atom is 0.417 e. The average molecular weight is 531 g/mol. The van der Waals surface area contributed by atoms with Gasteiger partial charge >= 0.3 is 6.18 Å². The maximum absolute atomic E-state index is 13.9. The van der Waals surface area contributed by atoms with Crippen LogP contribution in [0.5, 0.6) is 11.5 Å². The number of aromatic nitrogens is 1. The number of ether oxygens (including phenoxy) is 1. The summed E-state index contributed by atoms with van der Waals surface area (Å²) in [6.07, 6.45) is -4.86. The van der Waals surface area contributed by atoms with Crippen LogP contribution in [0.1, 0.15) is 54.2 Å². The molecule has 0 radical (unpaired) electrons. The summed E-state index contributed by atoms with van der Waals surface area (Å²) >= 11 is 0. The van der Waals surface area contributed by atoms with E-state index in [1.54, 1.807) is 24.3 Å². The molecular weight excluding hydrogens is 501 g/mol. The number of aryl methyl sites for hydroxylation is 2. The molecule has 39 heavy (non-hydrogen) atoms. The molecule has 200 valence electrons. The Morgan fingerprint density at radius 1 is 0.872 bits per heavy atom. The first-order chi connectivity index (χ1) is 18.3. The quantitative estimate of drug-likeness (QED) is 0.262. The van der Waals surface area contributed by atoms with Gasteiger partial charge in [-0.15, -0.1) is 0 Å². The van der Waals surface area contributed by atoms with Gasteiger partial charge in [-0.1, -0.05) is 56.7 Å². The number of nitriles is 1. The van der Waals surface area contributed by atoms with Gasteiger partial charge in [-0.3, -0.25) is 4.79 Å². The fourth-order valence-electron chi connectivity index (χ4n) is 4.42. The largest absolute Gasteiger partial charge is 0.457 e. The van der Waals surface area contributed by atoms with Gasteiger partial charge in [0.15, 0.2) is 0 Å². The molecule has 0 saturated carbocycles. The Balaban J connectivity index is 1.76.